The highest BCUT2D eigenvalue weighted by atomic mass is 19.3. The van der Waals surface area contributed by atoms with Crippen LogP contribution < -0.4 is 5.32 Å². The van der Waals surface area contributed by atoms with Crippen LogP contribution in [0, 0.1) is 0 Å². The van der Waals surface area contributed by atoms with E-state index in [4.69, 9.17) is 4.74 Å². The quantitative estimate of drug-likeness (QED) is 0.598. The Morgan fingerprint density at radius 2 is 2.08 bits per heavy atom. The first-order chi connectivity index (χ1) is 6.16. The molecule has 80 valence electrons. The van der Waals surface area contributed by atoms with Gasteiger partial charge in [0.1, 0.15) is 6.61 Å². The maximum absolute atomic E-state index is 11.6. The lowest BCUT2D eigenvalue weighted by Crippen LogP contribution is -2.25. The van der Waals surface area contributed by atoms with Crippen molar-refractivity contribution in [3.05, 3.63) is 0 Å². The molecular weight excluding hydrogens is 176 g/mol. The highest BCUT2D eigenvalue weighted by Gasteiger charge is 2.02. The summed E-state index contributed by atoms with van der Waals surface area (Å²) in [7, 11) is 0. The monoisotopic (exact) mass is 195 g/mol. The number of hydrogen-bond donors (Lipinski definition) is 1. The lowest BCUT2D eigenvalue weighted by Gasteiger charge is -2.11. The molecule has 2 nitrogen and oxygen atoms in total. The predicted molar refractivity (Wildman–Crippen MR) is 49.2 cm³/mol. The van der Waals surface area contributed by atoms with Crippen molar-refractivity contribution in [2.45, 2.75) is 39.2 Å². The molecule has 0 aromatic carbocycles. The van der Waals surface area contributed by atoms with Crippen molar-refractivity contribution >= 4 is 0 Å². The van der Waals surface area contributed by atoms with Crippen LogP contribution in [0.1, 0.15) is 26.7 Å². The summed E-state index contributed by atoms with van der Waals surface area (Å²) < 4.78 is 28.0. The maximum Gasteiger partial charge on any atom is 0.261 e. The van der Waals surface area contributed by atoms with Gasteiger partial charge in [-0.2, -0.15) is 0 Å². The van der Waals surface area contributed by atoms with E-state index in [2.05, 4.69) is 12.2 Å². The summed E-state index contributed by atoms with van der Waals surface area (Å²) in [5, 5.41) is 3.24. The standard InChI is InChI=1S/C9H19F2NO/c1-3-12-8(2)5-4-6-13-7-9(10)11/h8-9,12H,3-7H2,1-2H3. The van der Waals surface area contributed by atoms with Crippen molar-refractivity contribution in [1.29, 1.82) is 0 Å². The van der Waals surface area contributed by atoms with Gasteiger partial charge in [-0.25, -0.2) is 8.78 Å². The van der Waals surface area contributed by atoms with Gasteiger partial charge >= 0.3 is 0 Å². The average molecular weight is 195 g/mol. The summed E-state index contributed by atoms with van der Waals surface area (Å²) >= 11 is 0. The normalized spacial score (nSPS) is 13.6. The van der Waals surface area contributed by atoms with Crippen molar-refractivity contribution in [3.63, 3.8) is 0 Å². The first-order valence-corrected chi connectivity index (χ1v) is 4.76. The minimum absolute atomic E-state index is 0.431. The lowest BCUT2D eigenvalue weighted by atomic mass is 10.2. The van der Waals surface area contributed by atoms with Crippen molar-refractivity contribution < 1.29 is 13.5 Å². The molecule has 0 aliphatic carbocycles. The number of nitrogens with one attached hydrogen (secondary N) is 1. The van der Waals surface area contributed by atoms with Gasteiger partial charge in [0, 0.05) is 12.6 Å². The third-order valence-corrected chi connectivity index (χ3v) is 1.72. The predicted octanol–water partition coefficient (Wildman–Crippen LogP) is 2.05. The Kier molecular flexibility index (Phi) is 8.24. The molecule has 0 heterocycles. The van der Waals surface area contributed by atoms with Crippen LogP contribution in [0.2, 0.25) is 0 Å². The molecule has 0 aliphatic rings. The summed E-state index contributed by atoms with van der Waals surface area (Å²) in [6, 6.07) is 0.445. The van der Waals surface area contributed by atoms with E-state index in [1.165, 1.54) is 0 Å². The number of alkyl halides is 2. The van der Waals surface area contributed by atoms with Crippen LogP contribution in [-0.4, -0.2) is 32.2 Å². The Bertz CT molecular complexity index is 112. The minimum atomic E-state index is -2.34. The molecular formula is C9H19F2NO. The minimum Gasteiger partial charge on any atom is -0.376 e. The molecule has 0 rings (SSSR count). The topological polar surface area (TPSA) is 21.3 Å². The second-order valence-electron chi connectivity index (χ2n) is 3.07. The van der Waals surface area contributed by atoms with Gasteiger partial charge < -0.3 is 10.1 Å². The number of ether oxygens (including phenoxy) is 1. The van der Waals surface area contributed by atoms with E-state index in [9.17, 15) is 8.78 Å². The van der Waals surface area contributed by atoms with Gasteiger partial charge in [0.15, 0.2) is 0 Å². The van der Waals surface area contributed by atoms with Crippen molar-refractivity contribution in [3.8, 4) is 0 Å². The van der Waals surface area contributed by atoms with Crippen LogP contribution in [0.5, 0.6) is 0 Å². The van der Waals surface area contributed by atoms with Crippen LogP contribution in [-0.2, 0) is 4.74 Å². The van der Waals surface area contributed by atoms with Gasteiger partial charge in [-0.1, -0.05) is 6.92 Å². The van der Waals surface area contributed by atoms with Gasteiger partial charge in [-0.05, 0) is 26.3 Å². The van der Waals surface area contributed by atoms with Gasteiger partial charge in [-0.3, -0.25) is 0 Å². The SMILES string of the molecule is CCNC(C)CCCOCC(F)F. The van der Waals surface area contributed by atoms with Crippen molar-refractivity contribution in [2.75, 3.05) is 19.8 Å². The van der Waals surface area contributed by atoms with Crippen LogP contribution in [0.4, 0.5) is 8.78 Å². The third-order valence-electron chi connectivity index (χ3n) is 1.72. The highest BCUT2D eigenvalue weighted by Crippen LogP contribution is 1.98. The number of rotatable bonds is 8. The zero-order valence-corrected chi connectivity index (χ0v) is 8.35. The van der Waals surface area contributed by atoms with E-state index in [0.717, 1.165) is 19.4 Å². The molecule has 0 saturated carbocycles. The smallest absolute Gasteiger partial charge is 0.261 e. The van der Waals surface area contributed by atoms with E-state index >= 15 is 0 Å². The van der Waals surface area contributed by atoms with Crippen LogP contribution >= 0.6 is 0 Å². The fraction of sp³-hybridized carbons (Fsp3) is 1.00. The third kappa shape index (κ3) is 9.70. The molecule has 0 amide bonds. The Labute approximate surface area is 78.7 Å². The summed E-state index contributed by atoms with van der Waals surface area (Å²) in [5.41, 5.74) is 0. The molecule has 4 heteroatoms. The largest absolute Gasteiger partial charge is 0.376 e. The molecule has 0 fully saturated rings. The van der Waals surface area contributed by atoms with E-state index in [-0.39, 0.29) is 0 Å². The molecule has 1 N–H and O–H groups in total. The van der Waals surface area contributed by atoms with Crippen LogP contribution in [0.15, 0.2) is 0 Å². The van der Waals surface area contributed by atoms with Crippen molar-refractivity contribution in [1.82, 2.24) is 5.32 Å². The Morgan fingerprint density at radius 3 is 2.62 bits per heavy atom. The van der Waals surface area contributed by atoms with Gasteiger partial charge in [-0.15, -0.1) is 0 Å². The van der Waals surface area contributed by atoms with Crippen molar-refractivity contribution in [2.24, 2.45) is 0 Å². The molecule has 0 radical (unpaired) electrons. The number of halogens is 2. The first-order valence-electron chi connectivity index (χ1n) is 4.76. The molecule has 1 unspecified atom stereocenters. The lowest BCUT2D eigenvalue weighted by molar-refractivity contribution is 0.0158. The molecule has 13 heavy (non-hydrogen) atoms. The fourth-order valence-electron chi connectivity index (χ4n) is 1.11. The zero-order chi connectivity index (χ0) is 10.1. The fourth-order valence-corrected chi connectivity index (χ4v) is 1.11. The molecule has 0 saturated heterocycles. The van der Waals surface area contributed by atoms with Crippen LogP contribution in [0.3, 0.4) is 0 Å². The van der Waals surface area contributed by atoms with Crippen LogP contribution in [0.25, 0.3) is 0 Å². The number of hydrogen-bond acceptors (Lipinski definition) is 2. The van der Waals surface area contributed by atoms with Gasteiger partial charge in [0.25, 0.3) is 6.43 Å². The average Bonchev–Trinajstić information content (AvgIpc) is 2.03. The van der Waals surface area contributed by atoms with E-state index in [0.29, 0.717) is 12.6 Å². The van der Waals surface area contributed by atoms with E-state index in [1.807, 2.05) is 6.92 Å². The summed E-state index contributed by atoms with van der Waals surface area (Å²) in [6.07, 6.45) is -0.538. The first kappa shape index (κ1) is 12.8. The summed E-state index contributed by atoms with van der Waals surface area (Å²) in [5.74, 6) is 0. The molecule has 1 atom stereocenters. The molecule has 0 bridgehead atoms. The second-order valence-corrected chi connectivity index (χ2v) is 3.07. The Hall–Kier alpha value is -0.220. The van der Waals surface area contributed by atoms with E-state index < -0.39 is 13.0 Å². The Balaban J connectivity index is 3.06. The maximum atomic E-state index is 11.6. The summed E-state index contributed by atoms with van der Waals surface area (Å²) in [6.45, 7) is 5.06. The second kappa shape index (κ2) is 8.38. The molecule has 0 spiro atoms. The molecule has 0 aromatic rings. The van der Waals surface area contributed by atoms with Gasteiger partial charge in [0.05, 0.1) is 0 Å². The molecule has 0 aliphatic heterocycles. The van der Waals surface area contributed by atoms with Gasteiger partial charge in [0.2, 0.25) is 0 Å². The highest BCUT2D eigenvalue weighted by molar-refractivity contribution is 4.58. The molecule has 0 aromatic heterocycles. The Morgan fingerprint density at radius 1 is 1.38 bits per heavy atom. The summed E-state index contributed by atoms with van der Waals surface area (Å²) in [4.78, 5) is 0. The van der Waals surface area contributed by atoms with E-state index in [1.54, 1.807) is 0 Å². The zero-order valence-electron chi connectivity index (χ0n) is 8.35.